The number of nitrogens with zero attached hydrogens (tertiary/aromatic N) is 1. The van der Waals surface area contributed by atoms with Crippen molar-refractivity contribution in [2.75, 3.05) is 31.2 Å². The van der Waals surface area contributed by atoms with Gasteiger partial charge in [-0.05, 0) is 78.9 Å². The molecule has 0 fully saturated rings. The summed E-state index contributed by atoms with van der Waals surface area (Å²) in [7, 11) is 0. The second kappa shape index (κ2) is 12.0. The molecule has 0 saturated heterocycles. The first kappa shape index (κ1) is 27.7. The Bertz CT molecular complexity index is 1270. The standard InChI is InChI=1S/C28H27ClF4N2O3/c29-22-6-10-26(24(30)16-22)38-13-12-37-23-7-3-18(4-8-23)14-20(17-34)27(36)35-11-1-2-19-15-21(28(31,32)33)5-9-25(19)35/h3-10,15-16,20H,1-2,11-14,17,34H2. The van der Waals surface area contributed by atoms with Crippen LogP contribution in [-0.2, 0) is 23.8 Å². The molecular formula is C28H27ClF4N2O3. The number of nitrogens with two attached hydrogens (primary N) is 1. The van der Waals surface area contributed by atoms with Crippen LogP contribution in [0, 0.1) is 11.7 Å². The van der Waals surface area contributed by atoms with Gasteiger partial charge < -0.3 is 20.1 Å². The third kappa shape index (κ3) is 6.76. The predicted molar refractivity (Wildman–Crippen MR) is 137 cm³/mol. The van der Waals surface area contributed by atoms with Gasteiger partial charge in [0.25, 0.3) is 0 Å². The number of benzene rings is 3. The molecule has 2 N–H and O–H groups in total. The van der Waals surface area contributed by atoms with E-state index in [9.17, 15) is 22.4 Å². The number of alkyl halides is 3. The van der Waals surface area contributed by atoms with Crippen LogP contribution in [0.1, 0.15) is 23.1 Å². The topological polar surface area (TPSA) is 64.8 Å². The third-order valence-corrected chi connectivity index (χ3v) is 6.57. The highest BCUT2D eigenvalue weighted by atomic mass is 35.5. The Morgan fingerprint density at radius 1 is 1.03 bits per heavy atom. The molecule has 0 spiro atoms. The van der Waals surface area contributed by atoms with Crippen molar-refractivity contribution in [3.05, 3.63) is 88.2 Å². The fourth-order valence-corrected chi connectivity index (χ4v) is 4.56. The van der Waals surface area contributed by atoms with E-state index in [1.165, 1.54) is 24.3 Å². The lowest BCUT2D eigenvalue weighted by Crippen LogP contribution is -2.42. The van der Waals surface area contributed by atoms with Gasteiger partial charge in [-0.25, -0.2) is 4.39 Å². The average Bonchev–Trinajstić information content (AvgIpc) is 2.90. The molecule has 10 heteroatoms. The highest BCUT2D eigenvalue weighted by molar-refractivity contribution is 6.30. The fraction of sp³-hybridized carbons (Fsp3) is 0.321. The lowest BCUT2D eigenvalue weighted by Gasteiger charge is -2.32. The summed E-state index contributed by atoms with van der Waals surface area (Å²) in [5.41, 5.74) is 7.11. The maximum atomic E-state index is 13.8. The molecule has 0 radical (unpaired) electrons. The number of carbonyl (C=O) groups is 1. The van der Waals surface area contributed by atoms with Crippen LogP contribution >= 0.6 is 11.6 Å². The van der Waals surface area contributed by atoms with Crippen molar-refractivity contribution < 1.29 is 31.8 Å². The lowest BCUT2D eigenvalue weighted by molar-refractivity contribution is -0.137. The zero-order chi connectivity index (χ0) is 27.3. The van der Waals surface area contributed by atoms with Crippen molar-refractivity contribution in [1.29, 1.82) is 0 Å². The van der Waals surface area contributed by atoms with E-state index in [1.54, 1.807) is 17.0 Å². The second-order valence-corrected chi connectivity index (χ2v) is 9.42. The van der Waals surface area contributed by atoms with E-state index >= 15 is 0 Å². The summed E-state index contributed by atoms with van der Waals surface area (Å²) in [4.78, 5) is 14.9. The van der Waals surface area contributed by atoms with E-state index in [0.29, 0.717) is 42.8 Å². The Kier molecular flexibility index (Phi) is 8.79. The Balaban J connectivity index is 1.33. The number of fused-ring (bicyclic) bond motifs is 1. The molecule has 1 atom stereocenters. The van der Waals surface area contributed by atoms with Gasteiger partial charge in [-0.3, -0.25) is 4.79 Å². The molecule has 1 aliphatic rings. The fourth-order valence-electron chi connectivity index (χ4n) is 4.40. The molecular weight excluding hydrogens is 524 g/mol. The first-order chi connectivity index (χ1) is 18.2. The van der Waals surface area contributed by atoms with Gasteiger partial charge in [-0.1, -0.05) is 23.7 Å². The Labute approximate surface area is 223 Å². The van der Waals surface area contributed by atoms with Crippen LogP contribution in [-0.4, -0.2) is 32.2 Å². The SMILES string of the molecule is NCC(Cc1ccc(OCCOc2ccc(Cl)cc2F)cc1)C(=O)N1CCCc2cc(C(F)(F)F)ccc21. The molecule has 5 nitrogen and oxygen atoms in total. The van der Waals surface area contributed by atoms with E-state index in [1.807, 2.05) is 12.1 Å². The average molecular weight is 551 g/mol. The number of hydrogen-bond acceptors (Lipinski definition) is 4. The van der Waals surface area contributed by atoms with Crippen molar-refractivity contribution >= 4 is 23.2 Å². The highest BCUT2D eigenvalue weighted by Crippen LogP contribution is 2.36. The second-order valence-electron chi connectivity index (χ2n) is 8.99. The highest BCUT2D eigenvalue weighted by Gasteiger charge is 2.33. The molecule has 1 heterocycles. The van der Waals surface area contributed by atoms with Crippen molar-refractivity contribution in [3.8, 4) is 11.5 Å². The van der Waals surface area contributed by atoms with Gasteiger partial charge in [0.05, 0.1) is 11.5 Å². The van der Waals surface area contributed by atoms with E-state index in [4.69, 9.17) is 26.8 Å². The molecule has 1 amide bonds. The van der Waals surface area contributed by atoms with Crippen LogP contribution in [0.2, 0.25) is 5.02 Å². The van der Waals surface area contributed by atoms with Crippen molar-refractivity contribution in [2.24, 2.45) is 11.7 Å². The number of carbonyl (C=O) groups excluding carboxylic acids is 1. The maximum absolute atomic E-state index is 13.8. The van der Waals surface area contributed by atoms with Crippen LogP contribution in [0.5, 0.6) is 11.5 Å². The number of rotatable bonds is 9. The lowest BCUT2D eigenvalue weighted by atomic mass is 9.94. The predicted octanol–water partition coefficient (Wildman–Crippen LogP) is 6.05. The van der Waals surface area contributed by atoms with Gasteiger partial charge in [0.1, 0.15) is 19.0 Å². The molecule has 0 aromatic heterocycles. The number of amides is 1. The summed E-state index contributed by atoms with van der Waals surface area (Å²) in [6.07, 6.45) is -2.99. The molecule has 4 rings (SSSR count). The molecule has 0 aliphatic carbocycles. The van der Waals surface area contributed by atoms with Gasteiger partial charge in [-0.2, -0.15) is 13.2 Å². The molecule has 202 valence electrons. The minimum atomic E-state index is -4.43. The molecule has 3 aromatic rings. The third-order valence-electron chi connectivity index (χ3n) is 6.33. The summed E-state index contributed by atoms with van der Waals surface area (Å²) < 4.78 is 64.1. The van der Waals surface area contributed by atoms with Crippen LogP contribution in [0.25, 0.3) is 0 Å². The smallest absolute Gasteiger partial charge is 0.416 e. The zero-order valence-corrected chi connectivity index (χ0v) is 21.2. The summed E-state index contributed by atoms with van der Waals surface area (Å²) >= 11 is 5.73. The molecule has 38 heavy (non-hydrogen) atoms. The van der Waals surface area contributed by atoms with Crippen LogP contribution in [0.4, 0.5) is 23.2 Å². The van der Waals surface area contributed by atoms with Gasteiger partial charge in [0, 0.05) is 23.8 Å². The molecule has 3 aromatic carbocycles. The normalized spacial score (nSPS) is 14.1. The Morgan fingerprint density at radius 3 is 2.45 bits per heavy atom. The van der Waals surface area contributed by atoms with Crippen molar-refractivity contribution in [3.63, 3.8) is 0 Å². The molecule has 1 aliphatic heterocycles. The quantitative estimate of drug-likeness (QED) is 0.260. The minimum Gasteiger partial charge on any atom is -0.490 e. The Hall–Kier alpha value is -3.30. The van der Waals surface area contributed by atoms with Crippen LogP contribution in [0.15, 0.2) is 60.7 Å². The van der Waals surface area contributed by atoms with Crippen molar-refractivity contribution in [1.82, 2.24) is 0 Å². The number of hydrogen-bond donors (Lipinski definition) is 1. The monoisotopic (exact) mass is 550 g/mol. The first-order valence-electron chi connectivity index (χ1n) is 12.2. The van der Waals surface area contributed by atoms with E-state index in [-0.39, 0.29) is 36.4 Å². The maximum Gasteiger partial charge on any atom is 0.416 e. The van der Waals surface area contributed by atoms with Crippen LogP contribution in [0.3, 0.4) is 0 Å². The number of aryl methyl sites for hydroxylation is 1. The minimum absolute atomic E-state index is 0.0861. The van der Waals surface area contributed by atoms with Gasteiger partial charge in [-0.15, -0.1) is 0 Å². The number of anilines is 1. The Morgan fingerprint density at radius 2 is 1.76 bits per heavy atom. The number of ether oxygens (including phenoxy) is 2. The summed E-state index contributed by atoms with van der Waals surface area (Å²) in [6, 6.07) is 14.8. The van der Waals surface area contributed by atoms with E-state index < -0.39 is 23.5 Å². The van der Waals surface area contributed by atoms with Crippen LogP contribution < -0.4 is 20.1 Å². The van der Waals surface area contributed by atoms with Gasteiger partial charge in [0.2, 0.25) is 5.91 Å². The molecule has 1 unspecified atom stereocenters. The summed E-state index contributed by atoms with van der Waals surface area (Å²) in [6.45, 7) is 0.853. The molecule has 0 bridgehead atoms. The van der Waals surface area contributed by atoms with Crippen molar-refractivity contribution in [2.45, 2.75) is 25.4 Å². The van der Waals surface area contributed by atoms with Gasteiger partial charge in [0.15, 0.2) is 11.6 Å². The summed E-state index contributed by atoms with van der Waals surface area (Å²) in [5.74, 6) is -0.624. The first-order valence-corrected chi connectivity index (χ1v) is 12.5. The van der Waals surface area contributed by atoms with Gasteiger partial charge >= 0.3 is 6.18 Å². The zero-order valence-electron chi connectivity index (χ0n) is 20.4. The largest absolute Gasteiger partial charge is 0.490 e. The van der Waals surface area contributed by atoms with E-state index in [0.717, 1.165) is 17.7 Å². The molecule has 0 saturated carbocycles. The summed E-state index contributed by atoms with van der Waals surface area (Å²) in [5, 5.41) is 0.282. The van der Waals surface area contributed by atoms with E-state index in [2.05, 4.69) is 0 Å². The number of halogens is 5.